The van der Waals surface area contributed by atoms with Gasteiger partial charge in [-0.15, -0.1) is 0 Å². The number of rotatable bonds is 3. The third-order valence-corrected chi connectivity index (χ3v) is 2.61. The van der Waals surface area contributed by atoms with E-state index in [9.17, 15) is 8.78 Å². The van der Waals surface area contributed by atoms with Crippen molar-refractivity contribution in [1.29, 1.82) is 0 Å². The Kier molecular flexibility index (Phi) is 3.58. The molecule has 1 N–H and O–H groups in total. The smallest absolute Gasteiger partial charge is 0.165 e. The molecular formula is C14H12F2O2. The number of aliphatic hydroxyl groups excluding tert-OH is 1. The zero-order chi connectivity index (χ0) is 13.1. The predicted octanol–water partition coefficient (Wildman–Crippen LogP) is 3.56. The van der Waals surface area contributed by atoms with Gasteiger partial charge in [0.2, 0.25) is 0 Å². The summed E-state index contributed by atoms with van der Waals surface area (Å²) < 4.78 is 31.6. The molecule has 2 nitrogen and oxygen atoms in total. The van der Waals surface area contributed by atoms with E-state index >= 15 is 0 Å². The van der Waals surface area contributed by atoms with Gasteiger partial charge in [-0.05, 0) is 42.3 Å². The van der Waals surface area contributed by atoms with Gasteiger partial charge in [-0.3, -0.25) is 0 Å². The molecule has 2 rings (SSSR count). The summed E-state index contributed by atoms with van der Waals surface area (Å²) in [7, 11) is 0. The van der Waals surface area contributed by atoms with Gasteiger partial charge >= 0.3 is 0 Å². The Labute approximate surface area is 103 Å². The fourth-order valence-corrected chi connectivity index (χ4v) is 1.59. The largest absolute Gasteiger partial charge is 0.454 e. The third kappa shape index (κ3) is 2.65. The normalized spacial score (nSPS) is 10.4. The number of benzene rings is 2. The molecule has 94 valence electrons. The standard InChI is InChI=1S/C14H12F2O2/c1-9-6-12(4-2-10(9)8-17)18-14-7-11(15)3-5-13(14)16/h2-7,17H,8H2,1H3. The first-order valence-electron chi connectivity index (χ1n) is 5.43. The molecule has 0 fully saturated rings. The zero-order valence-electron chi connectivity index (χ0n) is 9.78. The molecule has 0 saturated carbocycles. The van der Waals surface area contributed by atoms with Crippen LogP contribution in [-0.2, 0) is 6.61 Å². The van der Waals surface area contributed by atoms with Gasteiger partial charge in [0, 0.05) is 6.07 Å². The number of hydrogen-bond acceptors (Lipinski definition) is 2. The van der Waals surface area contributed by atoms with Crippen molar-refractivity contribution in [2.75, 3.05) is 0 Å². The molecule has 18 heavy (non-hydrogen) atoms. The number of halogens is 2. The molecule has 2 aromatic rings. The number of ether oxygens (including phenoxy) is 1. The van der Waals surface area contributed by atoms with Crippen LogP contribution in [0.3, 0.4) is 0 Å². The van der Waals surface area contributed by atoms with Crippen LogP contribution in [0.4, 0.5) is 8.78 Å². The van der Waals surface area contributed by atoms with E-state index in [0.29, 0.717) is 5.75 Å². The molecule has 0 bridgehead atoms. The van der Waals surface area contributed by atoms with E-state index in [4.69, 9.17) is 9.84 Å². The second kappa shape index (κ2) is 5.14. The van der Waals surface area contributed by atoms with E-state index in [1.807, 2.05) is 0 Å². The summed E-state index contributed by atoms with van der Waals surface area (Å²) in [6, 6.07) is 7.98. The summed E-state index contributed by atoms with van der Waals surface area (Å²) in [6.07, 6.45) is 0. The molecule has 0 amide bonds. The van der Waals surface area contributed by atoms with Crippen LogP contribution in [0.5, 0.6) is 11.5 Å². The molecule has 0 spiro atoms. The second-order valence-electron chi connectivity index (χ2n) is 3.92. The van der Waals surface area contributed by atoms with Crippen molar-refractivity contribution < 1.29 is 18.6 Å². The molecule has 0 aliphatic carbocycles. The molecular weight excluding hydrogens is 238 g/mol. The van der Waals surface area contributed by atoms with Crippen LogP contribution in [-0.4, -0.2) is 5.11 Å². The SMILES string of the molecule is Cc1cc(Oc2cc(F)ccc2F)ccc1CO. The maximum Gasteiger partial charge on any atom is 0.165 e. The van der Waals surface area contributed by atoms with Gasteiger partial charge in [0.05, 0.1) is 6.61 Å². The minimum absolute atomic E-state index is 0.0690. The van der Waals surface area contributed by atoms with Gasteiger partial charge in [-0.2, -0.15) is 0 Å². The highest BCUT2D eigenvalue weighted by Crippen LogP contribution is 2.26. The first kappa shape index (κ1) is 12.5. The topological polar surface area (TPSA) is 29.5 Å². The molecule has 0 saturated heterocycles. The van der Waals surface area contributed by atoms with Gasteiger partial charge in [-0.25, -0.2) is 8.78 Å². The van der Waals surface area contributed by atoms with E-state index in [2.05, 4.69) is 0 Å². The van der Waals surface area contributed by atoms with E-state index in [1.54, 1.807) is 25.1 Å². The Morgan fingerprint density at radius 1 is 1.11 bits per heavy atom. The van der Waals surface area contributed by atoms with E-state index in [1.165, 1.54) is 0 Å². The highest BCUT2D eigenvalue weighted by Gasteiger charge is 2.07. The third-order valence-electron chi connectivity index (χ3n) is 2.61. The first-order chi connectivity index (χ1) is 8.60. The zero-order valence-corrected chi connectivity index (χ0v) is 9.78. The monoisotopic (exact) mass is 250 g/mol. The van der Waals surface area contributed by atoms with E-state index in [0.717, 1.165) is 29.3 Å². The number of hydrogen-bond donors (Lipinski definition) is 1. The Balaban J connectivity index is 2.28. The molecule has 0 unspecified atom stereocenters. The molecule has 2 aromatic carbocycles. The number of aliphatic hydroxyl groups is 1. The van der Waals surface area contributed by atoms with Crippen molar-refractivity contribution >= 4 is 0 Å². The molecule has 0 heterocycles. The van der Waals surface area contributed by atoms with Crippen LogP contribution < -0.4 is 4.74 Å². The summed E-state index contributed by atoms with van der Waals surface area (Å²) in [5.74, 6) is -0.948. The second-order valence-corrected chi connectivity index (χ2v) is 3.92. The fraction of sp³-hybridized carbons (Fsp3) is 0.143. The van der Waals surface area contributed by atoms with Gasteiger partial charge in [0.15, 0.2) is 11.6 Å². The predicted molar refractivity (Wildman–Crippen MR) is 63.5 cm³/mol. The van der Waals surface area contributed by atoms with Crippen LogP contribution in [0.2, 0.25) is 0 Å². The Hall–Kier alpha value is -1.94. The summed E-state index contributed by atoms with van der Waals surface area (Å²) in [6.45, 7) is 1.74. The molecule has 0 atom stereocenters. The minimum Gasteiger partial charge on any atom is -0.454 e. The number of aryl methyl sites for hydroxylation is 1. The highest BCUT2D eigenvalue weighted by atomic mass is 19.1. The van der Waals surface area contributed by atoms with Gasteiger partial charge in [-0.1, -0.05) is 6.07 Å². The summed E-state index contributed by atoms with van der Waals surface area (Å²) in [5, 5.41) is 9.03. The first-order valence-corrected chi connectivity index (χ1v) is 5.43. The maximum atomic E-state index is 13.4. The Morgan fingerprint density at radius 2 is 1.89 bits per heavy atom. The van der Waals surface area contributed by atoms with Crippen LogP contribution >= 0.6 is 0 Å². The van der Waals surface area contributed by atoms with Crippen LogP contribution in [0.15, 0.2) is 36.4 Å². The van der Waals surface area contributed by atoms with Crippen LogP contribution in [0, 0.1) is 18.6 Å². The van der Waals surface area contributed by atoms with Gasteiger partial charge in [0.25, 0.3) is 0 Å². The molecule has 0 radical (unpaired) electrons. The van der Waals surface area contributed by atoms with Crippen LogP contribution in [0.25, 0.3) is 0 Å². The fourth-order valence-electron chi connectivity index (χ4n) is 1.59. The lowest BCUT2D eigenvalue weighted by Crippen LogP contribution is -1.92. The van der Waals surface area contributed by atoms with Gasteiger partial charge in [0.1, 0.15) is 11.6 Å². The lowest BCUT2D eigenvalue weighted by atomic mass is 10.1. The Morgan fingerprint density at radius 3 is 2.56 bits per heavy atom. The quantitative estimate of drug-likeness (QED) is 0.902. The van der Waals surface area contributed by atoms with Crippen molar-refractivity contribution in [3.8, 4) is 11.5 Å². The van der Waals surface area contributed by atoms with Gasteiger partial charge < -0.3 is 9.84 Å². The lowest BCUT2D eigenvalue weighted by Gasteiger charge is -2.09. The van der Waals surface area contributed by atoms with E-state index < -0.39 is 11.6 Å². The molecule has 0 aromatic heterocycles. The molecule has 4 heteroatoms. The van der Waals surface area contributed by atoms with Crippen molar-refractivity contribution in [2.24, 2.45) is 0 Å². The molecule has 0 aliphatic heterocycles. The molecule has 0 aliphatic rings. The summed E-state index contributed by atoms with van der Waals surface area (Å²) >= 11 is 0. The Bertz CT molecular complexity index is 568. The minimum atomic E-state index is -0.625. The van der Waals surface area contributed by atoms with Crippen molar-refractivity contribution in [3.63, 3.8) is 0 Å². The summed E-state index contributed by atoms with van der Waals surface area (Å²) in [5.41, 5.74) is 1.59. The maximum absolute atomic E-state index is 13.4. The van der Waals surface area contributed by atoms with Crippen molar-refractivity contribution in [1.82, 2.24) is 0 Å². The van der Waals surface area contributed by atoms with E-state index in [-0.39, 0.29) is 12.4 Å². The summed E-state index contributed by atoms with van der Waals surface area (Å²) in [4.78, 5) is 0. The van der Waals surface area contributed by atoms with Crippen LogP contribution in [0.1, 0.15) is 11.1 Å². The lowest BCUT2D eigenvalue weighted by molar-refractivity contribution is 0.281. The highest BCUT2D eigenvalue weighted by molar-refractivity contribution is 5.38. The van der Waals surface area contributed by atoms with Crippen molar-refractivity contribution in [2.45, 2.75) is 13.5 Å². The van der Waals surface area contributed by atoms with Crippen molar-refractivity contribution in [3.05, 3.63) is 59.2 Å². The average molecular weight is 250 g/mol. The average Bonchev–Trinajstić information content (AvgIpc) is 2.34.